The lowest BCUT2D eigenvalue weighted by molar-refractivity contribution is 0.717. The number of fused-ring (bicyclic) bond motifs is 4. The Kier molecular flexibility index (Phi) is 7.43. The summed E-state index contributed by atoms with van der Waals surface area (Å²) in [6, 6.07) is 59.6. The van der Waals surface area contributed by atoms with Gasteiger partial charge in [-0.2, -0.15) is 0 Å². The van der Waals surface area contributed by atoms with Crippen molar-refractivity contribution in [1.82, 2.24) is 4.57 Å². The Morgan fingerprint density at radius 2 is 1.10 bits per heavy atom. The summed E-state index contributed by atoms with van der Waals surface area (Å²) in [5.41, 5.74) is 13.5. The number of para-hydroxylation sites is 1. The molecule has 0 unspecified atom stereocenters. The van der Waals surface area contributed by atoms with E-state index in [4.69, 9.17) is 0 Å². The standard InChI is InChI=1S/C48H38N2/c1-33-12-10-13-34(2)48(33)50-46-20-9-8-19-43(46)44-32-39(26-31-47(44)50)37-24-29-41(30-25-37)49(45-21-11-17-38-16-6-7-18-42(38)45)40-27-22-36(23-28-40)35-14-4-3-5-15-35/h3-12,14-32,34H,13H2,1-2H3/t34-/m1/s1. The summed E-state index contributed by atoms with van der Waals surface area (Å²) < 4.78 is 2.51. The van der Waals surface area contributed by atoms with E-state index >= 15 is 0 Å². The second-order valence-electron chi connectivity index (χ2n) is 13.5. The molecule has 1 aliphatic rings. The molecule has 0 saturated heterocycles. The van der Waals surface area contributed by atoms with Crippen molar-refractivity contribution in [3.63, 3.8) is 0 Å². The van der Waals surface area contributed by atoms with Crippen molar-refractivity contribution in [2.45, 2.75) is 20.3 Å². The fraction of sp³-hybridized carbons (Fsp3) is 0.0833. The van der Waals surface area contributed by atoms with Crippen LogP contribution in [0.2, 0.25) is 0 Å². The van der Waals surface area contributed by atoms with Gasteiger partial charge in [0.25, 0.3) is 0 Å². The smallest absolute Gasteiger partial charge is 0.0540 e. The van der Waals surface area contributed by atoms with Crippen molar-refractivity contribution in [2.75, 3.05) is 4.90 Å². The minimum absolute atomic E-state index is 0.463. The Morgan fingerprint density at radius 1 is 0.520 bits per heavy atom. The number of benzene rings is 7. The molecule has 0 N–H and O–H groups in total. The third-order valence-corrected chi connectivity index (χ3v) is 10.3. The van der Waals surface area contributed by atoms with Gasteiger partial charge in [-0.05, 0) is 95.1 Å². The maximum Gasteiger partial charge on any atom is 0.0540 e. The summed E-state index contributed by atoms with van der Waals surface area (Å²) in [6.45, 7) is 4.59. The molecule has 1 heterocycles. The highest BCUT2D eigenvalue weighted by Gasteiger charge is 2.21. The molecule has 1 atom stereocenters. The predicted molar refractivity (Wildman–Crippen MR) is 214 cm³/mol. The molecular formula is C48H38N2. The van der Waals surface area contributed by atoms with Gasteiger partial charge in [0.15, 0.2) is 0 Å². The Hall–Kier alpha value is -6.12. The topological polar surface area (TPSA) is 8.17 Å². The van der Waals surface area contributed by atoms with Gasteiger partial charge in [0.1, 0.15) is 0 Å². The number of hydrogen-bond donors (Lipinski definition) is 0. The van der Waals surface area contributed by atoms with Crippen molar-refractivity contribution < 1.29 is 0 Å². The van der Waals surface area contributed by atoms with Crippen LogP contribution in [0.25, 0.3) is 60.5 Å². The minimum Gasteiger partial charge on any atom is -0.312 e. The first-order valence-corrected chi connectivity index (χ1v) is 17.6. The van der Waals surface area contributed by atoms with E-state index in [1.165, 1.54) is 66.1 Å². The van der Waals surface area contributed by atoms with Crippen LogP contribution in [0.3, 0.4) is 0 Å². The van der Waals surface area contributed by atoms with Crippen LogP contribution >= 0.6 is 0 Å². The molecular weight excluding hydrogens is 605 g/mol. The van der Waals surface area contributed by atoms with Gasteiger partial charge < -0.3 is 9.47 Å². The average molecular weight is 643 g/mol. The highest BCUT2D eigenvalue weighted by molar-refractivity contribution is 6.11. The Balaban J connectivity index is 1.14. The van der Waals surface area contributed by atoms with Gasteiger partial charge in [-0.3, -0.25) is 0 Å². The quantitative estimate of drug-likeness (QED) is 0.175. The number of hydrogen-bond acceptors (Lipinski definition) is 1. The molecule has 8 aromatic rings. The Morgan fingerprint density at radius 3 is 1.84 bits per heavy atom. The first-order valence-electron chi connectivity index (χ1n) is 17.6. The summed E-state index contributed by atoms with van der Waals surface area (Å²) in [5.74, 6) is 0.463. The second-order valence-corrected chi connectivity index (χ2v) is 13.5. The predicted octanol–water partition coefficient (Wildman–Crippen LogP) is 13.6. The van der Waals surface area contributed by atoms with Gasteiger partial charge >= 0.3 is 0 Å². The van der Waals surface area contributed by atoms with Crippen LogP contribution in [0, 0.1) is 5.92 Å². The van der Waals surface area contributed by atoms with Gasteiger partial charge in [0.05, 0.1) is 16.7 Å². The summed E-state index contributed by atoms with van der Waals surface area (Å²) in [5, 5.41) is 5.04. The van der Waals surface area contributed by atoms with E-state index in [2.05, 4.69) is 199 Å². The fourth-order valence-electron chi connectivity index (χ4n) is 7.91. The van der Waals surface area contributed by atoms with E-state index in [0.29, 0.717) is 5.92 Å². The average Bonchev–Trinajstić information content (AvgIpc) is 3.49. The van der Waals surface area contributed by atoms with Crippen LogP contribution in [-0.2, 0) is 0 Å². The van der Waals surface area contributed by atoms with Crippen LogP contribution in [0.5, 0.6) is 0 Å². The summed E-state index contributed by atoms with van der Waals surface area (Å²) in [4.78, 5) is 2.38. The highest BCUT2D eigenvalue weighted by Crippen LogP contribution is 2.42. The third-order valence-electron chi connectivity index (χ3n) is 10.3. The SMILES string of the molecule is CC1=C(n2c3ccccc3c3cc(-c4ccc(N(c5ccc(-c6ccccc6)cc5)c5cccc6ccccc56)cc4)ccc32)[C@H](C)CC=C1. The normalized spacial score (nSPS) is 14.6. The van der Waals surface area contributed by atoms with Gasteiger partial charge in [0.2, 0.25) is 0 Å². The van der Waals surface area contributed by atoms with Crippen molar-refractivity contribution in [1.29, 1.82) is 0 Å². The zero-order valence-electron chi connectivity index (χ0n) is 28.4. The van der Waals surface area contributed by atoms with Crippen LogP contribution in [0.1, 0.15) is 20.3 Å². The second kappa shape index (κ2) is 12.4. The van der Waals surface area contributed by atoms with Crippen molar-refractivity contribution >= 4 is 55.3 Å². The first-order chi connectivity index (χ1) is 24.6. The molecule has 9 rings (SSSR count). The molecule has 7 aromatic carbocycles. The summed E-state index contributed by atoms with van der Waals surface area (Å²) in [7, 11) is 0. The largest absolute Gasteiger partial charge is 0.312 e. The Labute approximate surface area is 293 Å². The molecule has 0 bridgehead atoms. The van der Waals surface area contributed by atoms with E-state index in [9.17, 15) is 0 Å². The fourth-order valence-corrected chi connectivity index (χ4v) is 7.91. The lowest BCUT2D eigenvalue weighted by Gasteiger charge is -2.27. The molecule has 0 spiro atoms. The monoisotopic (exact) mass is 642 g/mol. The molecule has 240 valence electrons. The van der Waals surface area contributed by atoms with Crippen LogP contribution in [0.15, 0.2) is 182 Å². The number of allylic oxidation sites excluding steroid dienone is 4. The van der Waals surface area contributed by atoms with Crippen LogP contribution < -0.4 is 4.90 Å². The molecule has 0 fully saturated rings. The van der Waals surface area contributed by atoms with E-state index < -0.39 is 0 Å². The lowest BCUT2D eigenvalue weighted by atomic mass is 9.94. The van der Waals surface area contributed by atoms with Gasteiger partial charge in [0, 0.05) is 39.1 Å². The van der Waals surface area contributed by atoms with Crippen molar-refractivity contribution in [3.05, 3.63) is 182 Å². The number of nitrogens with zero attached hydrogens (tertiary/aromatic N) is 2. The maximum absolute atomic E-state index is 2.51. The van der Waals surface area contributed by atoms with Crippen LogP contribution in [0.4, 0.5) is 17.1 Å². The maximum atomic E-state index is 2.51. The van der Waals surface area contributed by atoms with E-state index in [1.807, 2.05) is 0 Å². The van der Waals surface area contributed by atoms with Gasteiger partial charge in [-0.25, -0.2) is 0 Å². The molecule has 2 heteroatoms. The first kappa shape index (κ1) is 30.0. The molecule has 1 aliphatic carbocycles. The summed E-state index contributed by atoms with van der Waals surface area (Å²) in [6.07, 6.45) is 5.66. The Bertz CT molecular complexity index is 2560. The zero-order valence-corrected chi connectivity index (χ0v) is 28.4. The van der Waals surface area contributed by atoms with Gasteiger partial charge in [-0.1, -0.05) is 134 Å². The number of aromatic nitrogens is 1. The number of rotatable bonds is 6. The van der Waals surface area contributed by atoms with E-state index in [-0.39, 0.29) is 0 Å². The van der Waals surface area contributed by atoms with E-state index in [0.717, 1.165) is 23.5 Å². The van der Waals surface area contributed by atoms with E-state index in [1.54, 1.807) is 0 Å². The molecule has 50 heavy (non-hydrogen) atoms. The van der Waals surface area contributed by atoms with Crippen LogP contribution in [-0.4, -0.2) is 4.57 Å². The molecule has 0 amide bonds. The number of anilines is 3. The third kappa shape index (κ3) is 5.12. The molecule has 0 aliphatic heterocycles. The van der Waals surface area contributed by atoms with Crippen molar-refractivity contribution in [3.8, 4) is 22.3 Å². The lowest BCUT2D eigenvalue weighted by Crippen LogP contribution is -2.10. The minimum atomic E-state index is 0.463. The van der Waals surface area contributed by atoms with Gasteiger partial charge in [-0.15, -0.1) is 0 Å². The molecule has 0 radical (unpaired) electrons. The molecule has 2 nitrogen and oxygen atoms in total. The summed E-state index contributed by atoms with van der Waals surface area (Å²) >= 11 is 0. The molecule has 1 aromatic heterocycles. The highest BCUT2D eigenvalue weighted by atomic mass is 15.1. The zero-order chi connectivity index (χ0) is 33.6. The van der Waals surface area contributed by atoms with Crippen molar-refractivity contribution in [2.24, 2.45) is 5.92 Å². The molecule has 0 saturated carbocycles.